The highest BCUT2D eigenvalue weighted by molar-refractivity contribution is 5.81. The third kappa shape index (κ3) is 4.70. The van der Waals surface area contributed by atoms with Gasteiger partial charge in [-0.1, -0.05) is 20.3 Å². The van der Waals surface area contributed by atoms with Crippen molar-refractivity contribution in [2.45, 2.75) is 39.2 Å². The smallest absolute Gasteiger partial charge is 0.409 e. The summed E-state index contributed by atoms with van der Waals surface area (Å²) in [4.78, 5) is 27.0. The van der Waals surface area contributed by atoms with Crippen molar-refractivity contribution < 1.29 is 14.3 Å². The predicted molar refractivity (Wildman–Crippen MR) is 72.7 cm³/mol. The molecule has 19 heavy (non-hydrogen) atoms. The first-order valence-corrected chi connectivity index (χ1v) is 7.06. The predicted octanol–water partition coefficient (Wildman–Crippen LogP) is 0.805. The molecule has 110 valence electrons. The van der Waals surface area contributed by atoms with Gasteiger partial charge in [0, 0.05) is 26.2 Å². The van der Waals surface area contributed by atoms with Crippen molar-refractivity contribution in [2.24, 2.45) is 5.73 Å². The maximum absolute atomic E-state index is 11.9. The van der Waals surface area contributed by atoms with Crippen molar-refractivity contribution in [1.29, 1.82) is 0 Å². The summed E-state index contributed by atoms with van der Waals surface area (Å²) in [5.41, 5.74) is 5.73. The van der Waals surface area contributed by atoms with Crippen LogP contribution in [0.5, 0.6) is 0 Å². The van der Waals surface area contributed by atoms with E-state index in [-0.39, 0.29) is 12.0 Å². The summed E-state index contributed by atoms with van der Waals surface area (Å²) in [6, 6.07) is -0.428. The second kappa shape index (κ2) is 7.99. The standard InChI is InChI=1S/C13H25N3O3/c1-3-5-10-19-13(18)16-8-6-15(7-9-16)12(17)11(14)4-2/h11H,3-10,14H2,1-2H3/t11-/m0/s1. The Kier molecular flexibility index (Phi) is 6.62. The first-order valence-electron chi connectivity index (χ1n) is 7.06. The summed E-state index contributed by atoms with van der Waals surface area (Å²) >= 11 is 0. The normalized spacial score (nSPS) is 17.2. The number of carbonyl (C=O) groups excluding carboxylic acids is 2. The third-order valence-electron chi connectivity index (χ3n) is 3.33. The molecule has 1 fully saturated rings. The second-order valence-electron chi connectivity index (χ2n) is 4.79. The summed E-state index contributed by atoms with van der Waals surface area (Å²) in [6.07, 6.45) is 2.25. The van der Waals surface area contributed by atoms with Gasteiger partial charge in [-0.3, -0.25) is 4.79 Å². The van der Waals surface area contributed by atoms with Crippen LogP contribution >= 0.6 is 0 Å². The van der Waals surface area contributed by atoms with Crippen LogP contribution in [0.4, 0.5) is 4.79 Å². The zero-order valence-electron chi connectivity index (χ0n) is 11.9. The molecule has 0 aromatic carbocycles. The third-order valence-corrected chi connectivity index (χ3v) is 3.33. The van der Waals surface area contributed by atoms with Crippen LogP contribution in [0, 0.1) is 0 Å². The van der Waals surface area contributed by atoms with E-state index in [0.717, 1.165) is 12.8 Å². The lowest BCUT2D eigenvalue weighted by Gasteiger charge is -2.35. The molecule has 6 nitrogen and oxygen atoms in total. The van der Waals surface area contributed by atoms with E-state index in [1.807, 2.05) is 6.92 Å². The quantitative estimate of drug-likeness (QED) is 0.751. The van der Waals surface area contributed by atoms with Gasteiger partial charge in [-0.2, -0.15) is 0 Å². The number of carbonyl (C=O) groups is 2. The van der Waals surface area contributed by atoms with E-state index in [2.05, 4.69) is 6.92 Å². The summed E-state index contributed by atoms with van der Waals surface area (Å²) in [6.45, 7) is 6.53. The van der Waals surface area contributed by atoms with E-state index < -0.39 is 6.04 Å². The van der Waals surface area contributed by atoms with Crippen LogP contribution in [0.15, 0.2) is 0 Å². The number of unbranched alkanes of at least 4 members (excludes halogenated alkanes) is 1. The number of piperazine rings is 1. The lowest BCUT2D eigenvalue weighted by Crippen LogP contribution is -2.54. The van der Waals surface area contributed by atoms with E-state index in [4.69, 9.17) is 10.5 Å². The average molecular weight is 271 g/mol. The molecule has 0 radical (unpaired) electrons. The number of hydrogen-bond donors (Lipinski definition) is 1. The largest absolute Gasteiger partial charge is 0.449 e. The molecule has 0 aliphatic carbocycles. The number of nitrogens with zero attached hydrogens (tertiary/aromatic N) is 2. The molecule has 0 saturated carbocycles. The first kappa shape index (κ1) is 15.8. The molecule has 0 aromatic heterocycles. The van der Waals surface area contributed by atoms with E-state index in [0.29, 0.717) is 39.2 Å². The highest BCUT2D eigenvalue weighted by Gasteiger charge is 2.26. The summed E-state index contributed by atoms with van der Waals surface area (Å²) in [7, 11) is 0. The van der Waals surface area contributed by atoms with E-state index >= 15 is 0 Å². The SMILES string of the molecule is CCCCOC(=O)N1CCN(C(=O)[C@@H](N)CC)CC1. The summed E-state index contributed by atoms with van der Waals surface area (Å²) in [5.74, 6) is -0.0264. The maximum Gasteiger partial charge on any atom is 0.409 e. The van der Waals surface area contributed by atoms with Gasteiger partial charge in [0.05, 0.1) is 12.6 Å². The molecule has 2 amide bonds. The zero-order valence-corrected chi connectivity index (χ0v) is 11.9. The molecule has 1 saturated heterocycles. The molecule has 0 aromatic rings. The molecule has 0 unspecified atom stereocenters. The minimum absolute atomic E-state index is 0.0264. The van der Waals surface area contributed by atoms with Crippen LogP contribution in [-0.2, 0) is 9.53 Å². The highest BCUT2D eigenvalue weighted by atomic mass is 16.6. The molecule has 0 bridgehead atoms. The lowest BCUT2D eigenvalue weighted by molar-refractivity contribution is -0.134. The van der Waals surface area contributed by atoms with Crippen molar-refractivity contribution in [1.82, 2.24) is 9.80 Å². The Balaban J connectivity index is 2.32. The van der Waals surface area contributed by atoms with Gasteiger partial charge in [0.15, 0.2) is 0 Å². The minimum atomic E-state index is -0.428. The van der Waals surface area contributed by atoms with Gasteiger partial charge in [-0.25, -0.2) is 4.79 Å². The Hall–Kier alpha value is -1.30. The fourth-order valence-corrected chi connectivity index (χ4v) is 1.91. The van der Waals surface area contributed by atoms with E-state index in [1.165, 1.54) is 0 Å². The first-order chi connectivity index (χ1) is 9.10. The average Bonchev–Trinajstić information content (AvgIpc) is 2.46. The Bertz CT molecular complexity index is 302. The van der Waals surface area contributed by atoms with Crippen LogP contribution in [0.3, 0.4) is 0 Å². The van der Waals surface area contributed by atoms with E-state index in [9.17, 15) is 9.59 Å². The number of nitrogens with two attached hydrogens (primary N) is 1. The van der Waals surface area contributed by atoms with Gasteiger partial charge in [0.25, 0.3) is 0 Å². The Labute approximate surface area is 114 Å². The molecule has 2 N–H and O–H groups in total. The lowest BCUT2D eigenvalue weighted by atomic mass is 10.2. The Morgan fingerprint density at radius 2 is 1.74 bits per heavy atom. The van der Waals surface area contributed by atoms with Crippen molar-refractivity contribution in [3.8, 4) is 0 Å². The van der Waals surface area contributed by atoms with Gasteiger partial charge in [0.1, 0.15) is 0 Å². The fourth-order valence-electron chi connectivity index (χ4n) is 1.91. The van der Waals surface area contributed by atoms with E-state index in [1.54, 1.807) is 9.80 Å². The molecule has 1 aliphatic rings. The topological polar surface area (TPSA) is 75.9 Å². The van der Waals surface area contributed by atoms with Crippen LogP contribution in [0.1, 0.15) is 33.1 Å². The Morgan fingerprint density at radius 1 is 1.16 bits per heavy atom. The van der Waals surface area contributed by atoms with Crippen molar-refractivity contribution in [2.75, 3.05) is 32.8 Å². The molecule has 1 heterocycles. The van der Waals surface area contributed by atoms with Crippen LogP contribution < -0.4 is 5.73 Å². The van der Waals surface area contributed by atoms with Crippen LogP contribution in [0.2, 0.25) is 0 Å². The van der Waals surface area contributed by atoms with Crippen molar-refractivity contribution in [3.63, 3.8) is 0 Å². The number of hydrogen-bond acceptors (Lipinski definition) is 4. The highest BCUT2D eigenvalue weighted by Crippen LogP contribution is 2.06. The van der Waals surface area contributed by atoms with Crippen LogP contribution in [0.25, 0.3) is 0 Å². The molecule has 1 aliphatic heterocycles. The number of rotatable bonds is 5. The molecule has 6 heteroatoms. The molecular weight excluding hydrogens is 246 g/mol. The van der Waals surface area contributed by atoms with Crippen molar-refractivity contribution >= 4 is 12.0 Å². The minimum Gasteiger partial charge on any atom is -0.449 e. The molecular formula is C13H25N3O3. The Morgan fingerprint density at radius 3 is 2.26 bits per heavy atom. The molecule has 0 spiro atoms. The second-order valence-corrected chi connectivity index (χ2v) is 4.79. The van der Waals surface area contributed by atoms with Gasteiger partial charge >= 0.3 is 6.09 Å². The number of amides is 2. The summed E-state index contributed by atoms with van der Waals surface area (Å²) in [5, 5.41) is 0. The summed E-state index contributed by atoms with van der Waals surface area (Å²) < 4.78 is 5.15. The van der Waals surface area contributed by atoms with Gasteiger partial charge in [0.2, 0.25) is 5.91 Å². The van der Waals surface area contributed by atoms with Gasteiger partial charge in [-0.05, 0) is 12.8 Å². The fraction of sp³-hybridized carbons (Fsp3) is 0.846. The van der Waals surface area contributed by atoms with Crippen molar-refractivity contribution in [3.05, 3.63) is 0 Å². The monoisotopic (exact) mass is 271 g/mol. The molecule has 1 rings (SSSR count). The van der Waals surface area contributed by atoms with Gasteiger partial charge in [-0.15, -0.1) is 0 Å². The zero-order chi connectivity index (χ0) is 14.3. The van der Waals surface area contributed by atoms with Crippen LogP contribution in [-0.4, -0.2) is 60.6 Å². The maximum atomic E-state index is 11.9. The van der Waals surface area contributed by atoms with Gasteiger partial charge < -0.3 is 20.3 Å². The molecule has 1 atom stereocenters. The number of ether oxygens (including phenoxy) is 1.